The number of amides is 1. The molecule has 35 heavy (non-hydrogen) atoms. The quantitative estimate of drug-likeness (QED) is 0.391. The van der Waals surface area contributed by atoms with E-state index in [9.17, 15) is 44.3 Å². The van der Waals surface area contributed by atoms with Gasteiger partial charge in [-0.2, -0.15) is 44.5 Å². The molecule has 0 saturated heterocycles. The topological polar surface area (TPSA) is 64.1 Å². The molecule has 2 aromatic carbocycles. The van der Waals surface area contributed by atoms with Gasteiger partial charge in [0.15, 0.2) is 0 Å². The Morgan fingerprint density at radius 1 is 0.886 bits per heavy atom. The van der Waals surface area contributed by atoms with Crippen LogP contribution >= 0.6 is 0 Å². The molecular weight excluding hydrogens is 497 g/mol. The van der Waals surface area contributed by atoms with Crippen molar-refractivity contribution in [3.05, 3.63) is 77.2 Å². The molecule has 0 saturated carbocycles. The summed E-state index contributed by atoms with van der Waals surface area (Å²) >= 11 is 0. The van der Waals surface area contributed by atoms with Crippen molar-refractivity contribution in [2.75, 3.05) is 5.32 Å². The SMILES string of the molecule is O=C(Nc1cccc(C(F)(F)F)c1)c1cnc(C(F)(F)F)nc1Oc1cccc(CC(F)(F)F)c1. The first-order chi connectivity index (χ1) is 16.1. The fourth-order valence-corrected chi connectivity index (χ4v) is 2.77. The highest BCUT2D eigenvalue weighted by Gasteiger charge is 2.36. The highest BCUT2D eigenvalue weighted by Crippen LogP contribution is 2.33. The molecule has 0 aliphatic carbocycles. The van der Waals surface area contributed by atoms with Gasteiger partial charge in [0, 0.05) is 11.9 Å². The van der Waals surface area contributed by atoms with Crippen molar-refractivity contribution in [3.8, 4) is 11.6 Å². The lowest BCUT2D eigenvalue weighted by Gasteiger charge is -2.14. The first-order valence-electron chi connectivity index (χ1n) is 9.38. The largest absolute Gasteiger partial charge is 0.451 e. The number of ether oxygens (including phenoxy) is 1. The van der Waals surface area contributed by atoms with Gasteiger partial charge >= 0.3 is 18.5 Å². The van der Waals surface area contributed by atoms with E-state index in [1.54, 1.807) is 0 Å². The van der Waals surface area contributed by atoms with Crippen LogP contribution in [-0.4, -0.2) is 22.1 Å². The molecular formula is C21H12F9N3O2. The number of hydrogen-bond donors (Lipinski definition) is 1. The lowest BCUT2D eigenvalue weighted by Crippen LogP contribution is -2.18. The minimum atomic E-state index is -5.06. The van der Waals surface area contributed by atoms with Crippen molar-refractivity contribution in [3.63, 3.8) is 0 Å². The van der Waals surface area contributed by atoms with Gasteiger partial charge in [-0.1, -0.05) is 18.2 Å². The smallest absolute Gasteiger partial charge is 0.438 e. The zero-order valence-electron chi connectivity index (χ0n) is 17.0. The molecule has 5 nitrogen and oxygen atoms in total. The first-order valence-corrected chi connectivity index (χ1v) is 9.38. The number of halogens is 9. The molecule has 0 atom stereocenters. The van der Waals surface area contributed by atoms with Gasteiger partial charge in [-0.3, -0.25) is 4.79 Å². The second-order valence-electron chi connectivity index (χ2n) is 6.98. The van der Waals surface area contributed by atoms with Crippen LogP contribution in [-0.2, 0) is 18.8 Å². The van der Waals surface area contributed by atoms with Crippen molar-refractivity contribution in [2.45, 2.75) is 24.9 Å². The van der Waals surface area contributed by atoms with Gasteiger partial charge in [0.25, 0.3) is 5.91 Å². The third-order valence-corrected chi connectivity index (χ3v) is 4.22. The molecule has 0 aliphatic heterocycles. The van der Waals surface area contributed by atoms with Gasteiger partial charge in [0.05, 0.1) is 12.0 Å². The minimum absolute atomic E-state index is 0.282. The Kier molecular flexibility index (Phi) is 6.94. The maximum Gasteiger partial charge on any atom is 0.451 e. The van der Waals surface area contributed by atoms with E-state index in [0.717, 1.165) is 42.5 Å². The minimum Gasteiger partial charge on any atom is -0.438 e. The number of carbonyl (C=O) groups excluding carboxylic acids is 1. The summed E-state index contributed by atoms with van der Waals surface area (Å²) in [6, 6.07) is 7.66. The summed E-state index contributed by atoms with van der Waals surface area (Å²) in [6.45, 7) is 0. The Balaban J connectivity index is 1.96. The molecule has 14 heteroatoms. The number of nitrogens with zero attached hydrogens (tertiary/aromatic N) is 2. The number of anilines is 1. The molecule has 3 rings (SSSR count). The number of aromatic nitrogens is 2. The number of rotatable bonds is 5. The van der Waals surface area contributed by atoms with Gasteiger partial charge in [-0.05, 0) is 35.9 Å². The molecule has 0 bridgehead atoms. The second kappa shape index (κ2) is 9.43. The maximum atomic E-state index is 13.1. The van der Waals surface area contributed by atoms with Crippen molar-refractivity contribution < 1.29 is 49.0 Å². The van der Waals surface area contributed by atoms with E-state index in [1.807, 2.05) is 0 Å². The predicted octanol–water partition coefficient (Wildman–Crippen LogP) is 6.66. The standard InChI is InChI=1S/C21H12F9N3O2/c22-19(23,24)9-11-3-1-6-14(7-11)35-17-15(10-31-18(33-17)21(28,29)30)16(34)32-13-5-2-4-12(8-13)20(25,26)27/h1-8,10H,9H2,(H,32,34). The van der Waals surface area contributed by atoms with Crippen LogP contribution in [0.3, 0.4) is 0 Å². The Morgan fingerprint density at radius 3 is 2.20 bits per heavy atom. The zero-order valence-corrected chi connectivity index (χ0v) is 17.0. The number of nitrogens with one attached hydrogen (secondary N) is 1. The van der Waals surface area contributed by atoms with Crippen LogP contribution in [0.1, 0.15) is 27.3 Å². The van der Waals surface area contributed by atoms with Crippen LogP contribution in [0.2, 0.25) is 0 Å². The predicted molar refractivity (Wildman–Crippen MR) is 103 cm³/mol. The molecule has 1 amide bonds. The lowest BCUT2D eigenvalue weighted by atomic mass is 10.1. The fourth-order valence-electron chi connectivity index (χ4n) is 2.77. The first kappa shape index (κ1) is 25.8. The Hall–Kier alpha value is -3.84. The average molecular weight is 509 g/mol. The molecule has 0 fully saturated rings. The molecule has 0 spiro atoms. The number of benzene rings is 2. The molecule has 1 heterocycles. The number of alkyl halides is 9. The van der Waals surface area contributed by atoms with Crippen LogP contribution in [0.15, 0.2) is 54.7 Å². The normalized spacial score (nSPS) is 12.4. The van der Waals surface area contributed by atoms with E-state index in [0.29, 0.717) is 12.3 Å². The summed E-state index contributed by atoms with van der Waals surface area (Å²) in [5, 5.41) is 2.07. The van der Waals surface area contributed by atoms with Crippen molar-refractivity contribution >= 4 is 11.6 Å². The number of carbonyl (C=O) groups is 1. The zero-order chi connectivity index (χ0) is 26.0. The summed E-state index contributed by atoms with van der Waals surface area (Å²) in [5.41, 5.74) is -2.44. The molecule has 0 unspecified atom stereocenters. The van der Waals surface area contributed by atoms with E-state index >= 15 is 0 Å². The highest BCUT2D eigenvalue weighted by molar-refractivity contribution is 6.05. The van der Waals surface area contributed by atoms with Crippen LogP contribution in [0.5, 0.6) is 11.6 Å². The summed E-state index contributed by atoms with van der Waals surface area (Å²) in [6.07, 6.45) is -15.3. The van der Waals surface area contributed by atoms with E-state index in [4.69, 9.17) is 4.74 Å². The van der Waals surface area contributed by atoms with E-state index in [1.165, 1.54) is 0 Å². The van der Waals surface area contributed by atoms with Gasteiger partial charge in [0.2, 0.25) is 11.7 Å². The molecule has 3 aromatic rings. The van der Waals surface area contributed by atoms with Gasteiger partial charge in [-0.15, -0.1) is 0 Å². The van der Waals surface area contributed by atoms with Gasteiger partial charge in [0.1, 0.15) is 11.3 Å². The Morgan fingerprint density at radius 2 is 1.57 bits per heavy atom. The molecule has 186 valence electrons. The van der Waals surface area contributed by atoms with E-state index < -0.39 is 53.7 Å². The summed E-state index contributed by atoms with van der Waals surface area (Å²) in [4.78, 5) is 18.8. The monoisotopic (exact) mass is 509 g/mol. The summed E-state index contributed by atoms with van der Waals surface area (Å²) in [7, 11) is 0. The van der Waals surface area contributed by atoms with Gasteiger partial charge < -0.3 is 10.1 Å². The van der Waals surface area contributed by atoms with Crippen LogP contribution in [0.4, 0.5) is 45.2 Å². The third-order valence-electron chi connectivity index (χ3n) is 4.22. The molecule has 1 N–H and O–H groups in total. The van der Waals surface area contributed by atoms with Gasteiger partial charge in [-0.25, -0.2) is 4.98 Å². The van der Waals surface area contributed by atoms with Crippen LogP contribution in [0, 0.1) is 0 Å². The van der Waals surface area contributed by atoms with E-state index in [-0.39, 0.29) is 17.0 Å². The fraction of sp³-hybridized carbons (Fsp3) is 0.190. The molecule has 0 aliphatic rings. The molecule has 0 radical (unpaired) electrons. The van der Waals surface area contributed by atoms with Crippen molar-refractivity contribution in [2.24, 2.45) is 0 Å². The Labute approximate surface area is 190 Å². The second-order valence-corrected chi connectivity index (χ2v) is 6.98. The van der Waals surface area contributed by atoms with Crippen molar-refractivity contribution in [1.82, 2.24) is 9.97 Å². The Bertz CT molecular complexity index is 1220. The average Bonchev–Trinajstić information content (AvgIpc) is 2.71. The number of hydrogen-bond acceptors (Lipinski definition) is 4. The van der Waals surface area contributed by atoms with Crippen molar-refractivity contribution in [1.29, 1.82) is 0 Å². The lowest BCUT2D eigenvalue weighted by molar-refractivity contribution is -0.145. The summed E-state index contributed by atoms with van der Waals surface area (Å²) in [5.74, 6) is -4.28. The molecule has 1 aromatic heterocycles. The maximum absolute atomic E-state index is 13.1. The van der Waals surface area contributed by atoms with E-state index in [2.05, 4.69) is 15.3 Å². The highest BCUT2D eigenvalue weighted by atomic mass is 19.4. The van der Waals surface area contributed by atoms with Crippen LogP contribution < -0.4 is 10.1 Å². The van der Waals surface area contributed by atoms with Crippen LogP contribution in [0.25, 0.3) is 0 Å². The summed E-state index contributed by atoms with van der Waals surface area (Å²) < 4.78 is 121. The third kappa shape index (κ3) is 7.07.